The second-order valence-electron chi connectivity index (χ2n) is 6.59. The number of guanidine groups is 1. The molecule has 2 rings (SSSR count). The molecule has 0 atom stereocenters. The van der Waals surface area contributed by atoms with E-state index in [1.54, 1.807) is 14.2 Å². The third-order valence-electron chi connectivity index (χ3n) is 4.44. The van der Waals surface area contributed by atoms with Gasteiger partial charge in [0.15, 0.2) is 5.96 Å². The maximum absolute atomic E-state index is 5.79. The fourth-order valence-electron chi connectivity index (χ4n) is 2.95. The molecule has 6 nitrogen and oxygen atoms in total. The molecule has 0 unspecified atom stereocenters. The van der Waals surface area contributed by atoms with Gasteiger partial charge < -0.3 is 24.8 Å². The monoisotopic (exact) mass is 491 g/mol. The third-order valence-corrected chi connectivity index (χ3v) is 4.44. The molecule has 1 aliphatic heterocycles. The summed E-state index contributed by atoms with van der Waals surface area (Å²) in [6.07, 6.45) is 3.22. The molecular formula is C20H34IN3O3. The number of nitrogens with one attached hydrogen (secondary N) is 2. The molecule has 0 amide bonds. The average molecular weight is 491 g/mol. The first-order valence-corrected chi connectivity index (χ1v) is 9.48. The van der Waals surface area contributed by atoms with E-state index in [0.717, 1.165) is 64.7 Å². The first-order chi connectivity index (χ1) is 12.8. The Morgan fingerprint density at radius 2 is 2.00 bits per heavy atom. The fourth-order valence-corrected chi connectivity index (χ4v) is 2.95. The van der Waals surface area contributed by atoms with Crippen molar-refractivity contribution in [2.45, 2.75) is 32.4 Å². The normalized spacial score (nSPS) is 15.3. The minimum absolute atomic E-state index is 0. The van der Waals surface area contributed by atoms with Gasteiger partial charge in [-0.25, -0.2) is 0 Å². The average Bonchev–Trinajstić information content (AvgIpc) is 2.68. The zero-order valence-corrected chi connectivity index (χ0v) is 18.9. The molecule has 2 N–H and O–H groups in total. The highest BCUT2D eigenvalue weighted by Crippen LogP contribution is 2.14. The highest BCUT2D eigenvalue weighted by atomic mass is 127. The standard InChI is InChI=1S/C20H33N3O3.HI/c1-21-20(23-14-18-5-3-6-19(13-18)15-24-2)22-9-4-10-26-16-17-7-11-25-12-8-17;/h3,5-6,13,17H,4,7-12,14-16H2,1-2H3,(H2,21,22,23);1H. The SMILES string of the molecule is CN=C(NCCCOCC1CCOCC1)NCc1cccc(COC)c1.I. The quantitative estimate of drug-likeness (QED) is 0.228. The Morgan fingerprint density at radius 1 is 1.22 bits per heavy atom. The van der Waals surface area contributed by atoms with E-state index >= 15 is 0 Å². The smallest absolute Gasteiger partial charge is 0.191 e. The highest BCUT2D eigenvalue weighted by Gasteiger charge is 2.13. The van der Waals surface area contributed by atoms with Crippen LogP contribution in [0.15, 0.2) is 29.3 Å². The zero-order chi connectivity index (χ0) is 18.5. The summed E-state index contributed by atoms with van der Waals surface area (Å²) < 4.78 is 16.3. The van der Waals surface area contributed by atoms with Crippen molar-refractivity contribution in [1.82, 2.24) is 10.6 Å². The summed E-state index contributed by atoms with van der Waals surface area (Å²) in [5.41, 5.74) is 2.39. The summed E-state index contributed by atoms with van der Waals surface area (Å²) >= 11 is 0. The van der Waals surface area contributed by atoms with Gasteiger partial charge >= 0.3 is 0 Å². The predicted molar refractivity (Wildman–Crippen MR) is 120 cm³/mol. The Hall–Kier alpha value is -0.900. The van der Waals surface area contributed by atoms with E-state index < -0.39 is 0 Å². The Kier molecular flexibility index (Phi) is 13.5. The summed E-state index contributed by atoms with van der Waals surface area (Å²) in [6.45, 7) is 5.61. The van der Waals surface area contributed by atoms with Gasteiger partial charge in [-0.2, -0.15) is 0 Å². The van der Waals surface area contributed by atoms with Gasteiger partial charge in [-0.05, 0) is 36.3 Å². The number of hydrogen-bond acceptors (Lipinski definition) is 4. The second kappa shape index (κ2) is 15.1. The molecule has 1 aromatic rings. The molecule has 0 aromatic heterocycles. The van der Waals surface area contributed by atoms with Crippen molar-refractivity contribution in [2.24, 2.45) is 10.9 Å². The lowest BCUT2D eigenvalue weighted by atomic mass is 10.0. The maximum atomic E-state index is 5.79. The lowest BCUT2D eigenvalue weighted by molar-refractivity contribution is 0.0203. The van der Waals surface area contributed by atoms with Crippen LogP contribution in [-0.4, -0.2) is 53.1 Å². The van der Waals surface area contributed by atoms with Crippen LogP contribution in [0.3, 0.4) is 0 Å². The Labute approximate surface area is 180 Å². The molecule has 0 saturated carbocycles. The van der Waals surface area contributed by atoms with Crippen molar-refractivity contribution in [2.75, 3.05) is 47.1 Å². The molecule has 154 valence electrons. The number of benzene rings is 1. The minimum atomic E-state index is 0. The van der Waals surface area contributed by atoms with Crippen molar-refractivity contribution in [3.05, 3.63) is 35.4 Å². The Morgan fingerprint density at radius 3 is 2.74 bits per heavy atom. The number of methoxy groups -OCH3 is 1. The molecule has 1 fully saturated rings. The Balaban J connectivity index is 0.00000364. The van der Waals surface area contributed by atoms with Gasteiger partial charge in [0.1, 0.15) is 0 Å². The molecule has 1 aliphatic rings. The number of rotatable bonds is 10. The third kappa shape index (κ3) is 10.3. The molecule has 0 aliphatic carbocycles. The zero-order valence-electron chi connectivity index (χ0n) is 16.5. The van der Waals surface area contributed by atoms with E-state index in [-0.39, 0.29) is 24.0 Å². The van der Waals surface area contributed by atoms with Crippen molar-refractivity contribution in [3.63, 3.8) is 0 Å². The van der Waals surface area contributed by atoms with Crippen LogP contribution in [0.1, 0.15) is 30.4 Å². The molecule has 0 spiro atoms. The van der Waals surface area contributed by atoms with Crippen LogP contribution in [0, 0.1) is 5.92 Å². The second-order valence-corrected chi connectivity index (χ2v) is 6.59. The lowest BCUT2D eigenvalue weighted by Gasteiger charge is -2.21. The topological polar surface area (TPSA) is 64.1 Å². The number of hydrogen-bond donors (Lipinski definition) is 2. The van der Waals surface area contributed by atoms with Gasteiger partial charge in [0.05, 0.1) is 6.61 Å². The van der Waals surface area contributed by atoms with E-state index in [1.165, 1.54) is 11.1 Å². The Bertz CT molecular complexity index is 537. The molecule has 7 heteroatoms. The highest BCUT2D eigenvalue weighted by molar-refractivity contribution is 14.0. The minimum Gasteiger partial charge on any atom is -0.381 e. The van der Waals surface area contributed by atoms with Crippen molar-refractivity contribution >= 4 is 29.9 Å². The molecule has 0 bridgehead atoms. The first kappa shape index (κ1) is 24.1. The van der Waals surface area contributed by atoms with E-state index in [1.807, 2.05) is 0 Å². The number of nitrogens with zero attached hydrogens (tertiary/aromatic N) is 1. The van der Waals surface area contributed by atoms with Gasteiger partial charge in [-0.3, -0.25) is 4.99 Å². The molecule has 1 aromatic carbocycles. The fraction of sp³-hybridized carbons (Fsp3) is 0.650. The van der Waals surface area contributed by atoms with Gasteiger partial charge in [-0.1, -0.05) is 24.3 Å². The van der Waals surface area contributed by atoms with Crippen LogP contribution < -0.4 is 10.6 Å². The van der Waals surface area contributed by atoms with Crippen LogP contribution in [0.2, 0.25) is 0 Å². The van der Waals surface area contributed by atoms with Crippen LogP contribution in [0.5, 0.6) is 0 Å². The number of ether oxygens (including phenoxy) is 3. The molecule has 1 saturated heterocycles. The molecular weight excluding hydrogens is 457 g/mol. The molecule has 0 radical (unpaired) electrons. The summed E-state index contributed by atoms with van der Waals surface area (Å²) in [7, 11) is 3.50. The lowest BCUT2D eigenvalue weighted by Crippen LogP contribution is -2.37. The van der Waals surface area contributed by atoms with Crippen LogP contribution in [-0.2, 0) is 27.4 Å². The van der Waals surface area contributed by atoms with Gasteiger partial charge in [-0.15, -0.1) is 24.0 Å². The predicted octanol–water partition coefficient (Wildman–Crippen LogP) is 2.95. The summed E-state index contributed by atoms with van der Waals surface area (Å²) in [5.74, 6) is 1.48. The van der Waals surface area contributed by atoms with Gasteiger partial charge in [0.25, 0.3) is 0 Å². The summed E-state index contributed by atoms with van der Waals surface area (Å²) in [6, 6.07) is 8.37. The van der Waals surface area contributed by atoms with Crippen molar-refractivity contribution in [3.8, 4) is 0 Å². The summed E-state index contributed by atoms with van der Waals surface area (Å²) in [4.78, 5) is 4.27. The van der Waals surface area contributed by atoms with Crippen LogP contribution >= 0.6 is 24.0 Å². The van der Waals surface area contributed by atoms with Crippen molar-refractivity contribution in [1.29, 1.82) is 0 Å². The molecule has 1 heterocycles. The number of halogens is 1. The van der Waals surface area contributed by atoms with Crippen LogP contribution in [0.25, 0.3) is 0 Å². The van der Waals surface area contributed by atoms with Gasteiger partial charge in [0.2, 0.25) is 0 Å². The number of aliphatic imine (C=N–C) groups is 1. The first-order valence-electron chi connectivity index (χ1n) is 9.48. The summed E-state index contributed by atoms with van der Waals surface area (Å²) in [5, 5.41) is 6.67. The van der Waals surface area contributed by atoms with Crippen molar-refractivity contribution < 1.29 is 14.2 Å². The maximum Gasteiger partial charge on any atom is 0.191 e. The van der Waals surface area contributed by atoms with Gasteiger partial charge in [0, 0.05) is 53.7 Å². The van der Waals surface area contributed by atoms with E-state index in [2.05, 4.69) is 39.9 Å². The van der Waals surface area contributed by atoms with Crippen LogP contribution in [0.4, 0.5) is 0 Å². The largest absolute Gasteiger partial charge is 0.381 e. The molecule has 27 heavy (non-hydrogen) atoms. The van der Waals surface area contributed by atoms with E-state index in [0.29, 0.717) is 12.5 Å². The van der Waals surface area contributed by atoms with E-state index in [9.17, 15) is 0 Å². The van der Waals surface area contributed by atoms with E-state index in [4.69, 9.17) is 14.2 Å².